The molecule has 19 heavy (non-hydrogen) atoms. The molecule has 2 aliphatic heterocycles. The number of carbonyl (C=O) groups excluding carboxylic acids is 1. The summed E-state index contributed by atoms with van der Waals surface area (Å²) in [4.78, 5) is 14.7. The first-order valence-corrected chi connectivity index (χ1v) is 7.81. The summed E-state index contributed by atoms with van der Waals surface area (Å²) in [5, 5.41) is 13.6. The van der Waals surface area contributed by atoms with Gasteiger partial charge in [0.15, 0.2) is 0 Å². The van der Waals surface area contributed by atoms with Gasteiger partial charge in [0.1, 0.15) is 0 Å². The summed E-state index contributed by atoms with van der Waals surface area (Å²) in [5.74, 6) is 1.58. The minimum atomic E-state index is -0.589. The Bertz CT molecular complexity index is 356. The fourth-order valence-corrected chi connectivity index (χ4v) is 4.14. The Hall–Kier alpha value is -0.610. The third-order valence-electron chi connectivity index (χ3n) is 5.39. The first-order valence-electron chi connectivity index (χ1n) is 7.81. The van der Waals surface area contributed by atoms with Crippen LogP contribution in [0.4, 0.5) is 0 Å². The van der Waals surface area contributed by atoms with Gasteiger partial charge in [-0.15, -0.1) is 0 Å². The van der Waals surface area contributed by atoms with Crippen molar-refractivity contribution in [3.8, 4) is 0 Å². The summed E-state index contributed by atoms with van der Waals surface area (Å²) in [7, 11) is 0. The molecule has 0 radical (unpaired) electrons. The largest absolute Gasteiger partial charge is 0.390 e. The van der Waals surface area contributed by atoms with E-state index >= 15 is 0 Å². The molecule has 0 bridgehead atoms. The Kier molecular flexibility index (Phi) is 3.56. The van der Waals surface area contributed by atoms with E-state index in [-0.39, 0.29) is 11.9 Å². The Labute approximate surface area is 115 Å². The second-order valence-electron chi connectivity index (χ2n) is 6.92. The van der Waals surface area contributed by atoms with E-state index < -0.39 is 5.60 Å². The van der Waals surface area contributed by atoms with Crippen LogP contribution in [0.2, 0.25) is 0 Å². The van der Waals surface area contributed by atoms with Crippen LogP contribution in [-0.4, -0.2) is 47.2 Å². The number of aliphatic hydroxyl groups is 1. The first-order chi connectivity index (χ1) is 9.07. The molecule has 2 saturated heterocycles. The molecule has 4 unspecified atom stereocenters. The lowest BCUT2D eigenvalue weighted by Crippen LogP contribution is -2.47. The lowest BCUT2D eigenvalue weighted by molar-refractivity contribution is -0.134. The predicted molar refractivity (Wildman–Crippen MR) is 73.7 cm³/mol. The fraction of sp³-hybridized carbons (Fsp3) is 0.933. The second kappa shape index (κ2) is 5.06. The highest BCUT2D eigenvalue weighted by molar-refractivity contribution is 5.82. The second-order valence-corrected chi connectivity index (χ2v) is 6.92. The van der Waals surface area contributed by atoms with Gasteiger partial charge in [-0.05, 0) is 57.4 Å². The molecule has 4 atom stereocenters. The van der Waals surface area contributed by atoms with Crippen molar-refractivity contribution in [2.45, 2.75) is 57.1 Å². The van der Waals surface area contributed by atoms with Gasteiger partial charge in [-0.2, -0.15) is 0 Å². The number of nitrogens with one attached hydrogen (secondary N) is 1. The van der Waals surface area contributed by atoms with Gasteiger partial charge >= 0.3 is 0 Å². The summed E-state index contributed by atoms with van der Waals surface area (Å²) in [6, 6.07) is 0.0514. The topological polar surface area (TPSA) is 52.6 Å². The van der Waals surface area contributed by atoms with Crippen molar-refractivity contribution >= 4 is 5.91 Å². The molecule has 4 nitrogen and oxygen atoms in total. The Morgan fingerprint density at radius 2 is 2.11 bits per heavy atom. The lowest BCUT2D eigenvalue weighted by atomic mass is 9.93. The SMILES string of the molecule is CC1(O)CCCN(C(=O)C2NCC3CCCC32)CC1. The van der Waals surface area contributed by atoms with Crippen LogP contribution >= 0.6 is 0 Å². The molecule has 0 aromatic rings. The van der Waals surface area contributed by atoms with Crippen molar-refractivity contribution < 1.29 is 9.90 Å². The normalized spacial score (nSPS) is 43.1. The van der Waals surface area contributed by atoms with Crippen molar-refractivity contribution in [3.63, 3.8) is 0 Å². The van der Waals surface area contributed by atoms with Gasteiger partial charge in [0.25, 0.3) is 0 Å². The van der Waals surface area contributed by atoms with Crippen molar-refractivity contribution in [1.82, 2.24) is 10.2 Å². The fourth-order valence-electron chi connectivity index (χ4n) is 4.14. The van der Waals surface area contributed by atoms with Gasteiger partial charge in [0, 0.05) is 13.1 Å². The molecule has 2 N–H and O–H groups in total. The van der Waals surface area contributed by atoms with Gasteiger partial charge in [-0.3, -0.25) is 4.79 Å². The standard InChI is InChI=1S/C15H26N2O2/c1-15(19)6-3-8-17(9-7-15)14(18)13-12-5-2-4-11(12)10-16-13/h11-13,16,19H,2-10H2,1H3. The zero-order chi connectivity index (χ0) is 13.5. The van der Waals surface area contributed by atoms with Crippen molar-refractivity contribution in [3.05, 3.63) is 0 Å². The van der Waals surface area contributed by atoms with Crippen LogP contribution in [0, 0.1) is 11.8 Å². The molecule has 108 valence electrons. The molecule has 0 spiro atoms. The molecular weight excluding hydrogens is 240 g/mol. The average Bonchev–Trinajstić information content (AvgIpc) is 2.90. The van der Waals surface area contributed by atoms with E-state index in [0.29, 0.717) is 18.9 Å². The number of fused-ring (bicyclic) bond motifs is 1. The monoisotopic (exact) mass is 266 g/mol. The maximum absolute atomic E-state index is 12.7. The zero-order valence-corrected chi connectivity index (χ0v) is 11.9. The molecule has 1 amide bonds. The highest BCUT2D eigenvalue weighted by Crippen LogP contribution is 2.38. The third kappa shape index (κ3) is 2.65. The highest BCUT2D eigenvalue weighted by Gasteiger charge is 2.44. The Balaban J connectivity index is 1.64. The summed E-state index contributed by atoms with van der Waals surface area (Å²) in [5.41, 5.74) is -0.589. The van der Waals surface area contributed by atoms with Crippen LogP contribution in [-0.2, 0) is 4.79 Å². The molecule has 3 rings (SSSR count). The van der Waals surface area contributed by atoms with Gasteiger partial charge in [0.05, 0.1) is 11.6 Å². The highest BCUT2D eigenvalue weighted by atomic mass is 16.3. The molecule has 4 heteroatoms. The number of amides is 1. The number of carbonyl (C=O) groups is 1. The van der Waals surface area contributed by atoms with Gasteiger partial charge < -0.3 is 15.3 Å². The molecule has 3 aliphatic rings. The number of rotatable bonds is 1. The van der Waals surface area contributed by atoms with E-state index in [1.54, 1.807) is 0 Å². The van der Waals surface area contributed by atoms with Crippen molar-refractivity contribution in [2.75, 3.05) is 19.6 Å². The van der Waals surface area contributed by atoms with Crippen LogP contribution in [0.1, 0.15) is 45.4 Å². The molecule has 2 heterocycles. The summed E-state index contributed by atoms with van der Waals surface area (Å²) in [6.07, 6.45) is 6.21. The van der Waals surface area contributed by atoms with Crippen LogP contribution in [0.15, 0.2) is 0 Å². The average molecular weight is 266 g/mol. The molecule has 1 aliphatic carbocycles. The van der Waals surface area contributed by atoms with Crippen LogP contribution in [0.25, 0.3) is 0 Å². The smallest absolute Gasteiger partial charge is 0.240 e. The molecule has 0 aromatic carbocycles. The van der Waals surface area contributed by atoms with Crippen molar-refractivity contribution in [2.24, 2.45) is 11.8 Å². The number of nitrogens with zero attached hydrogens (tertiary/aromatic N) is 1. The number of hydrogen-bond acceptors (Lipinski definition) is 3. The van der Waals surface area contributed by atoms with E-state index in [9.17, 15) is 9.90 Å². The van der Waals surface area contributed by atoms with Crippen LogP contribution in [0.5, 0.6) is 0 Å². The van der Waals surface area contributed by atoms with Crippen LogP contribution in [0.3, 0.4) is 0 Å². The van der Waals surface area contributed by atoms with Gasteiger partial charge in [0.2, 0.25) is 5.91 Å². The molecule has 0 aromatic heterocycles. The van der Waals surface area contributed by atoms with E-state index in [0.717, 1.165) is 31.8 Å². The summed E-state index contributed by atoms with van der Waals surface area (Å²) in [6.45, 7) is 4.43. The van der Waals surface area contributed by atoms with Gasteiger partial charge in [-0.1, -0.05) is 6.42 Å². The summed E-state index contributed by atoms with van der Waals surface area (Å²) >= 11 is 0. The molecule has 3 fully saturated rings. The van der Waals surface area contributed by atoms with E-state index in [4.69, 9.17) is 0 Å². The zero-order valence-electron chi connectivity index (χ0n) is 11.9. The Morgan fingerprint density at radius 1 is 1.26 bits per heavy atom. The minimum Gasteiger partial charge on any atom is -0.390 e. The lowest BCUT2D eigenvalue weighted by Gasteiger charge is -2.27. The minimum absolute atomic E-state index is 0.0514. The maximum atomic E-state index is 12.7. The number of likely N-dealkylation sites (tertiary alicyclic amines) is 1. The Morgan fingerprint density at radius 3 is 2.95 bits per heavy atom. The van der Waals surface area contributed by atoms with E-state index in [1.807, 2.05) is 11.8 Å². The first kappa shape index (κ1) is 13.4. The molecular formula is C15H26N2O2. The maximum Gasteiger partial charge on any atom is 0.240 e. The quantitative estimate of drug-likeness (QED) is 0.748. The number of hydrogen-bond donors (Lipinski definition) is 2. The molecule has 1 saturated carbocycles. The van der Waals surface area contributed by atoms with Gasteiger partial charge in [-0.25, -0.2) is 0 Å². The summed E-state index contributed by atoms with van der Waals surface area (Å²) < 4.78 is 0. The van der Waals surface area contributed by atoms with E-state index in [1.165, 1.54) is 19.3 Å². The van der Waals surface area contributed by atoms with Crippen LogP contribution < -0.4 is 5.32 Å². The van der Waals surface area contributed by atoms with Crippen molar-refractivity contribution in [1.29, 1.82) is 0 Å². The predicted octanol–water partition coefficient (Wildman–Crippen LogP) is 1.14. The third-order valence-corrected chi connectivity index (χ3v) is 5.39. The van der Waals surface area contributed by atoms with E-state index in [2.05, 4.69) is 5.32 Å².